The van der Waals surface area contributed by atoms with Crippen molar-refractivity contribution in [3.63, 3.8) is 0 Å². The molecule has 0 aliphatic rings. The van der Waals surface area contributed by atoms with Crippen LogP contribution in [0.25, 0.3) is 0 Å². The fourth-order valence-corrected chi connectivity index (χ4v) is 1.53. The normalized spacial score (nSPS) is 10.1. The Hall–Kier alpha value is -1.62. The van der Waals surface area contributed by atoms with Crippen molar-refractivity contribution in [2.75, 3.05) is 5.73 Å². The molecule has 2 N–H and O–H groups in total. The zero-order chi connectivity index (χ0) is 11.5. The molecule has 0 spiro atoms. The van der Waals surface area contributed by atoms with Crippen molar-refractivity contribution >= 4 is 21.6 Å². The lowest BCUT2D eigenvalue weighted by atomic mass is 10.3. The van der Waals surface area contributed by atoms with Gasteiger partial charge < -0.3 is 10.5 Å². The number of anilines is 1. The van der Waals surface area contributed by atoms with Crippen LogP contribution in [-0.2, 0) is 0 Å². The van der Waals surface area contributed by atoms with Gasteiger partial charge in [-0.3, -0.25) is 4.98 Å². The summed E-state index contributed by atoms with van der Waals surface area (Å²) in [5.41, 5.74) is 7.11. The van der Waals surface area contributed by atoms with Crippen LogP contribution < -0.4 is 10.5 Å². The highest BCUT2D eigenvalue weighted by molar-refractivity contribution is 9.10. The Bertz CT molecular complexity index is 516. The number of nitrogen functional groups attached to an aromatic ring is 1. The van der Waals surface area contributed by atoms with Crippen molar-refractivity contribution in [1.82, 2.24) is 9.97 Å². The van der Waals surface area contributed by atoms with Gasteiger partial charge >= 0.3 is 0 Å². The maximum atomic E-state index is 5.76. The van der Waals surface area contributed by atoms with E-state index in [2.05, 4.69) is 25.9 Å². The highest BCUT2D eigenvalue weighted by Gasteiger charge is 2.04. The molecular formula is C11H10BrN3O. The van der Waals surface area contributed by atoms with E-state index in [4.69, 9.17) is 10.5 Å². The molecule has 5 heteroatoms. The van der Waals surface area contributed by atoms with Crippen LogP contribution in [0.3, 0.4) is 0 Å². The molecule has 2 aromatic rings. The molecule has 0 bridgehead atoms. The number of halogens is 1. The molecule has 0 atom stereocenters. The van der Waals surface area contributed by atoms with Gasteiger partial charge in [-0.05, 0) is 41.1 Å². The standard InChI is InChI=1S/C11H10BrN3O/c1-7-2-3-10(13)11(15-7)16-9-4-8(12)5-14-6-9/h2-6H,13H2,1H3. The Kier molecular flexibility index (Phi) is 3.05. The van der Waals surface area contributed by atoms with Crippen molar-refractivity contribution in [3.8, 4) is 11.6 Å². The zero-order valence-electron chi connectivity index (χ0n) is 8.64. The summed E-state index contributed by atoms with van der Waals surface area (Å²) >= 11 is 3.31. The smallest absolute Gasteiger partial charge is 0.242 e. The number of hydrogen-bond acceptors (Lipinski definition) is 4. The highest BCUT2D eigenvalue weighted by Crippen LogP contribution is 2.26. The Morgan fingerprint density at radius 2 is 2.12 bits per heavy atom. The van der Waals surface area contributed by atoms with Crippen LogP contribution in [-0.4, -0.2) is 9.97 Å². The molecule has 0 unspecified atom stereocenters. The van der Waals surface area contributed by atoms with E-state index in [1.54, 1.807) is 24.5 Å². The van der Waals surface area contributed by atoms with Crippen LogP contribution in [0, 0.1) is 6.92 Å². The van der Waals surface area contributed by atoms with Gasteiger partial charge in [0.15, 0.2) is 0 Å². The van der Waals surface area contributed by atoms with Crippen LogP contribution in [0.1, 0.15) is 5.69 Å². The molecule has 0 saturated carbocycles. The van der Waals surface area contributed by atoms with Gasteiger partial charge in [-0.25, -0.2) is 4.98 Å². The first-order chi connectivity index (χ1) is 7.65. The van der Waals surface area contributed by atoms with Crippen molar-refractivity contribution < 1.29 is 4.74 Å². The van der Waals surface area contributed by atoms with Crippen LogP contribution in [0.2, 0.25) is 0 Å². The summed E-state index contributed by atoms with van der Waals surface area (Å²) in [5, 5.41) is 0. The minimum Gasteiger partial charge on any atom is -0.435 e. The number of rotatable bonds is 2. The summed E-state index contributed by atoms with van der Waals surface area (Å²) in [6.45, 7) is 1.88. The maximum absolute atomic E-state index is 5.76. The van der Waals surface area contributed by atoms with Gasteiger partial charge in [-0.15, -0.1) is 0 Å². The molecule has 0 fully saturated rings. The number of nitrogens with two attached hydrogens (primary N) is 1. The summed E-state index contributed by atoms with van der Waals surface area (Å²) in [6, 6.07) is 5.40. The van der Waals surface area contributed by atoms with Crippen LogP contribution in [0.4, 0.5) is 5.69 Å². The van der Waals surface area contributed by atoms with E-state index in [0.29, 0.717) is 17.3 Å². The van der Waals surface area contributed by atoms with Crippen molar-refractivity contribution in [2.45, 2.75) is 6.92 Å². The average Bonchev–Trinajstić information content (AvgIpc) is 2.24. The molecule has 16 heavy (non-hydrogen) atoms. The van der Waals surface area contributed by atoms with Crippen LogP contribution in [0.5, 0.6) is 11.6 Å². The zero-order valence-corrected chi connectivity index (χ0v) is 10.2. The molecule has 0 amide bonds. The first-order valence-corrected chi connectivity index (χ1v) is 5.46. The van der Waals surface area contributed by atoms with Crippen LogP contribution >= 0.6 is 15.9 Å². The van der Waals surface area contributed by atoms with Gasteiger partial charge in [0.05, 0.1) is 11.9 Å². The van der Waals surface area contributed by atoms with E-state index in [1.807, 2.05) is 13.0 Å². The van der Waals surface area contributed by atoms with Crippen molar-refractivity contribution in [2.24, 2.45) is 0 Å². The third-order valence-electron chi connectivity index (χ3n) is 1.92. The number of pyridine rings is 2. The predicted octanol–water partition coefficient (Wildman–Crippen LogP) is 2.92. The third-order valence-corrected chi connectivity index (χ3v) is 2.36. The average molecular weight is 280 g/mol. The minimum absolute atomic E-state index is 0.403. The minimum atomic E-state index is 0.403. The summed E-state index contributed by atoms with van der Waals surface area (Å²) in [4.78, 5) is 8.20. The number of ether oxygens (including phenoxy) is 1. The van der Waals surface area contributed by atoms with E-state index in [-0.39, 0.29) is 0 Å². The van der Waals surface area contributed by atoms with Gasteiger partial charge in [0.1, 0.15) is 5.75 Å². The van der Waals surface area contributed by atoms with Gasteiger partial charge in [0.25, 0.3) is 0 Å². The quantitative estimate of drug-likeness (QED) is 0.918. The third kappa shape index (κ3) is 2.49. The van der Waals surface area contributed by atoms with E-state index < -0.39 is 0 Å². The largest absolute Gasteiger partial charge is 0.435 e. The summed E-state index contributed by atoms with van der Waals surface area (Å²) in [6.07, 6.45) is 3.29. The highest BCUT2D eigenvalue weighted by atomic mass is 79.9. The molecule has 4 nitrogen and oxygen atoms in total. The van der Waals surface area contributed by atoms with Gasteiger partial charge in [0.2, 0.25) is 5.88 Å². The number of aryl methyl sites for hydroxylation is 1. The SMILES string of the molecule is Cc1ccc(N)c(Oc2cncc(Br)c2)n1. The van der Waals surface area contributed by atoms with Crippen molar-refractivity contribution in [1.29, 1.82) is 0 Å². The van der Waals surface area contributed by atoms with Crippen molar-refractivity contribution in [3.05, 3.63) is 40.8 Å². The van der Waals surface area contributed by atoms with E-state index in [9.17, 15) is 0 Å². The first kappa shape index (κ1) is 10.9. The Morgan fingerprint density at radius 3 is 2.88 bits per heavy atom. The topological polar surface area (TPSA) is 61.0 Å². The molecule has 82 valence electrons. The fourth-order valence-electron chi connectivity index (χ4n) is 1.19. The molecule has 0 saturated heterocycles. The second kappa shape index (κ2) is 4.49. The summed E-state index contributed by atoms with van der Waals surface area (Å²) in [5.74, 6) is 0.999. The Labute approximate surface area is 102 Å². The second-order valence-corrected chi connectivity index (χ2v) is 4.20. The molecular weight excluding hydrogens is 270 g/mol. The molecule has 2 aromatic heterocycles. The lowest BCUT2D eigenvalue weighted by Crippen LogP contribution is -1.96. The fraction of sp³-hybridized carbons (Fsp3) is 0.0909. The molecule has 2 rings (SSSR count). The maximum Gasteiger partial charge on any atom is 0.242 e. The molecule has 2 heterocycles. The molecule has 0 aliphatic heterocycles. The Balaban J connectivity index is 2.30. The summed E-state index contributed by atoms with van der Waals surface area (Å²) in [7, 11) is 0. The first-order valence-electron chi connectivity index (χ1n) is 4.66. The molecule has 0 radical (unpaired) electrons. The van der Waals surface area contributed by atoms with Gasteiger partial charge in [0, 0.05) is 16.4 Å². The van der Waals surface area contributed by atoms with Crippen LogP contribution in [0.15, 0.2) is 35.1 Å². The molecule has 0 aliphatic carbocycles. The second-order valence-electron chi connectivity index (χ2n) is 3.29. The van der Waals surface area contributed by atoms with E-state index >= 15 is 0 Å². The number of aromatic nitrogens is 2. The lowest BCUT2D eigenvalue weighted by Gasteiger charge is -2.07. The molecule has 0 aromatic carbocycles. The van der Waals surface area contributed by atoms with E-state index in [0.717, 1.165) is 10.2 Å². The number of nitrogens with zero attached hydrogens (tertiary/aromatic N) is 2. The van der Waals surface area contributed by atoms with E-state index in [1.165, 1.54) is 0 Å². The van der Waals surface area contributed by atoms with Gasteiger partial charge in [-0.2, -0.15) is 0 Å². The number of hydrogen-bond donors (Lipinski definition) is 1. The Morgan fingerprint density at radius 1 is 1.31 bits per heavy atom. The lowest BCUT2D eigenvalue weighted by molar-refractivity contribution is 0.462. The monoisotopic (exact) mass is 279 g/mol. The predicted molar refractivity (Wildman–Crippen MR) is 65.4 cm³/mol. The summed E-state index contributed by atoms with van der Waals surface area (Å²) < 4.78 is 6.39. The van der Waals surface area contributed by atoms with Gasteiger partial charge in [-0.1, -0.05) is 0 Å².